The number of anilines is 1. The van der Waals surface area contributed by atoms with Crippen LogP contribution >= 0.6 is 0 Å². The van der Waals surface area contributed by atoms with Gasteiger partial charge in [0.15, 0.2) is 5.78 Å². The first-order valence-electron chi connectivity index (χ1n) is 10.7. The molecule has 8 N–H and O–H groups in total. The van der Waals surface area contributed by atoms with Gasteiger partial charge < -0.3 is 27.8 Å². The van der Waals surface area contributed by atoms with Crippen LogP contribution in [-0.2, 0) is 25.6 Å². The number of carbonyl (C=O) groups is 5. The zero-order valence-electron chi connectivity index (χ0n) is 18.8. The van der Waals surface area contributed by atoms with Crippen LogP contribution in [0, 0.1) is 5.92 Å². The second-order valence-corrected chi connectivity index (χ2v) is 8.01. The lowest BCUT2D eigenvalue weighted by Crippen LogP contribution is -2.49. The van der Waals surface area contributed by atoms with Gasteiger partial charge in [-0.2, -0.15) is 0 Å². The molecule has 10 nitrogen and oxygen atoms in total. The molecule has 3 atom stereocenters. The highest BCUT2D eigenvalue weighted by atomic mass is 16.2. The largest absolute Gasteiger partial charge is 0.398 e. The number of para-hydroxylation sites is 1. The van der Waals surface area contributed by atoms with E-state index in [0.29, 0.717) is 0 Å². The van der Waals surface area contributed by atoms with Crippen LogP contribution in [0.15, 0.2) is 54.6 Å². The second kappa shape index (κ2) is 12.1. The van der Waals surface area contributed by atoms with Crippen molar-refractivity contribution in [2.24, 2.45) is 17.4 Å². The van der Waals surface area contributed by atoms with Crippen LogP contribution in [0.2, 0.25) is 0 Å². The summed E-state index contributed by atoms with van der Waals surface area (Å²) in [7, 11) is 0. The molecule has 0 aliphatic carbocycles. The molecule has 0 aliphatic rings. The molecule has 34 heavy (non-hydrogen) atoms. The summed E-state index contributed by atoms with van der Waals surface area (Å²) < 4.78 is 0. The fourth-order valence-corrected chi connectivity index (χ4v) is 3.31. The third-order valence-corrected chi connectivity index (χ3v) is 5.20. The molecule has 0 aliphatic heterocycles. The minimum atomic E-state index is -1.27. The summed E-state index contributed by atoms with van der Waals surface area (Å²) >= 11 is 0. The maximum Gasteiger partial charge on any atom is 0.253 e. The molecule has 180 valence electrons. The van der Waals surface area contributed by atoms with Crippen molar-refractivity contribution in [2.75, 3.05) is 5.73 Å². The molecule has 0 aromatic heterocycles. The van der Waals surface area contributed by atoms with Crippen molar-refractivity contribution in [1.29, 1.82) is 0 Å². The molecule has 0 radical (unpaired) electrons. The normalized spacial score (nSPS) is 13.2. The number of primary amides is 2. The molecule has 0 saturated heterocycles. The van der Waals surface area contributed by atoms with Gasteiger partial charge in [-0.25, -0.2) is 0 Å². The smallest absolute Gasteiger partial charge is 0.253 e. The number of hydrogen-bond acceptors (Lipinski definition) is 6. The molecule has 2 aromatic carbocycles. The van der Waals surface area contributed by atoms with E-state index >= 15 is 0 Å². The van der Waals surface area contributed by atoms with Gasteiger partial charge in [0.25, 0.3) is 5.91 Å². The summed E-state index contributed by atoms with van der Waals surface area (Å²) in [6, 6.07) is 13.4. The first kappa shape index (κ1) is 26.0. The topological polar surface area (TPSA) is 187 Å². The van der Waals surface area contributed by atoms with E-state index in [9.17, 15) is 24.0 Å². The van der Waals surface area contributed by atoms with E-state index in [4.69, 9.17) is 17.2 Å². The third kappa shape index (κ3) is 7.73. The van der Waals surface area contributed by atoms with Crippen LogP contribution in [0.5, 0.6) is 0 Å². The van der Waals surface area contributed by atoms with E-state index in [1.165, 1.54) is 6.92 Å². The van der Waals surface area contributed by atoms with E-state index in [2.05, 4.69) is 10.6 Å². The van der Waals surface area contributed by atoms with Crippen molar-refractivity contribution < 1.29 is 24.0 Å². The van der Waals surface area contributed by atoms with Crippen molar-refractivity contribution in [3.8, 4) is 0 Å². The predicted octanol–water partition coefficient (Wildman–Crippen LogP) is 0.0507. The zero-order chi connectivity index (χ0) is 25.3. The van der Waals surface area contributed by atoms with E-state index in [-0.39, 0.29) is 29.9 Å². The number of Topliss-reactive ketones (excluding diaryl/α,β-unsaturated/α-hetero) is 1. The van der Waals surface area contributed by atoms with Crippen molar-refractivity contribution in [1.82, 2.24) is 10.6 Å². The Morgan fingerprint density at radius 1 is 0.824 bits per heavy atom. The van der Waals surface area contributed by atoms with Gasteiger partial charge in [-0.1, -0.05) is 49.4 Å². The SMILES string of the molecule is C[C@H](CC(=O)[C@H](Cc1ccccc1)NC(=O)c1ccccc1N)C(=O)N[C@@H](CC(N)=O)C(N)=O. The highest BCUT2D eigenvalue weighted by Crippen LogP contribution is 2.14. The van der Waals surface area contributed by atoms with Gasteiger partial charge >= 0.3 is 0 Å². The maximum absolute atomic E-state index is 13.1. The summed E-state index contributed by atoms with van der Waals surface area (Å²) in [5, 5.41) is 5.06. The lowest BCUT2D eigenvalue weighted by molar-refractivity contribution is -0.133. The van der Waals surface area contributed by atoms with Gasteiger partial charge in [-0.3, -0.25) is 24.0 Å². The highest BCUT2D eigenvalue weighted by molar-refractivity contribution is 6.02. The second-order valence-electron chi connectivity index (χ2n) is 8.01. The lowest BCUT2D eigenvalue weighted by atomic mass is 9.94. The van der Waals surface area contributed by atoms with Gasteiger partial charge in [0, 0.05) is 18.0 Å². The van der Waals surface area contributed by atoms with E-state index in [1.807, 2.05) is 30.3 Å². The highest BCUT2D eigenvalue weighted by Gasteiger charge is 2.28. The van der Waals surface area contributed by atoms with E-state index < -0.39 is 48.1 Å². The van der Waals surface area contributed by atoms with Gasteiger partial charge in [-0.05, 0) is 24.1 Å². The Morgan fingerprint density at radius 2 is 1.44 bits per heavy atom. The van der Waals surface area contributed by atoms with Crippen molar-refractivity contribution >= 4 is 35.1 Å². The minimum absolute atomic E-state index is 0.206. The Hall–Kier alpha value is -4.21. The first-order valence-corrected chi connectivity index (χ1v) is 10.7. The number of hydrogen-bond donors (Lipinski definition) is 5. The fourth-order valence-electron chi connectivity index (χ4n) is 3.31. The number of ketones is 1. The van der Waals surface area contributed by atoms with E-state index in [1.54, 1.807) is 24.3 Å². The molecule has 0 unspecified atom stereocenters. The molecule has 4 amide bonds. The van der Waals surface area contributed by atoms with Crippen LogP contribution in [0.1, 0.15) is 35.7 Å². The Balaban J connectivity index is 2.14. The molecule has 0 bridgehead atoms. The predicted molar refractivity (Wildman–Crippen MR) is 126 cm³/mol. The van der Waals surface area contributed by atoms with Crippen molar-refractivity contribution in [2.45, 2.75) is 38.3 Å². The molecule has 10 heteroatoms. The minimum Gasteiger partial charge on any atom is -0.398 e. The summed E-state index contributed by atoms with van der Waals surface area (Å²) in [4.78, 5) is 61.0. The molecule has 0 spiro atoms. The lowest BCUT2D eigenvalue weighted by Gasteiger charge is -2.21. The van der Waals surface area contributed by atoms with Gasteiger partial charge in [0.2, 0.25) is 17.7 Å². The zero-order valence-corrected chi connectivity index (χ0v) is 18.8. The van der Waals surface area contributed by atoms with Crippen molar-refractivity contribution in [3.05, 3.63) is 65.7 Å². The maximum atomic E-state index is 13.1. The number of nitrogens with two attached hydrogens (primary N) is 3. The monoisotopic (exact) mass is 467 g/mol. The number of nitrogen functional groups attached to an aromatic ring is 1. The third-order valence-electron chi connectivity index (χ3n) is 5.20. The number of rotatable bonds is 12. The molecular weight excluding hydrogens is 438 g/mol. The number of nitrogens with one attached hydrogen (secondary N) is 2. The standard InChI is InChI=1S/C24H29N5O5/c1-14(23(33)29-19(22(27)32)13-21(26)31)11-20(30)18(12-15-7-3-2-4-8-15)28-24(34)16-9-5-6-10-17(16)25/h2-10,14,18-19H,11-13,25H2,1H3,(H2,26,31)(H2,27,32)(H,28,34)(H,29,33)/t14-,18+,19+/m1/s1. The summed E-state index contributed by atoms with van der Waals surface area (Å²) in [6.45, 7) is 1.49. The fraction of sp³-hybridized carbons (Fsp3) is 0.292. The molecule has 0 saturated carbocycles. The number of amides is 4. The summed E-state index contributed by atoms with van der Waals surface area (Å²) in [6.07, 6.45) is -0.471. The average Bonchev–Trinajstić information content (AvgIpc) is 2.78. The van der Waals surface area contributed by atoms with Gasteiger partial charge in [-0.15, -0.1) is 0 Å². The van der Waals surface area contributed by atoms with Crippen LogP contribution in [0.3, 0.4) is 0 Å². The Bertz CT molecular complexity index is 1060. The average molecular weight is 468 g/mol. The number of benzene rings is 2. The van der Waals surface area contributed by atoms with Crippen LogP contribution in [0.25, 0.3) is 0 Å². The molecule has 0 fully saturated rings. The quantitative estimate of drug-likeness (QED) is 0.274. The molecule has 2 rings (SSSR count). The Labute approximate surface area is 197 Å². The van der Waals surface area contributed by atoms with Crippen molar-refractivity contribution in [3.63, 3.8) is 0 Å². The summed E-state index contributed by atoms with van der Waals surface area (Å²) in [5.74, 6) is -4.13. The molecular formula is C24H29N5O5. The Morgan fingerprint density at radius 3 is 2.03 bits per heavy atom. The van der Waals surface area contributed by atoms with Crippen LogP contribution < -0.4 is 27.8 Å². The van der Waals surface area contributed by atoms with Gasteiger partial charge in [0.1, 0.15) is 6.04 Å². The molecule has 0 heterocycles. The van der Waals surface area contributed by atoms with Gasteiger partial charge in [0.05, 0.1) is 18.0 Å². The van der Waals surface area contributed by atoms with Crippen LogP contribution in [0.4, 0.5) is 5.69 Å². The first-order chi connectivity index (χ1) is 16.1. The Kier molecular flexibility index (Phi) is 9.30. The molecule has 2 aromatic rings. The summed E-state index contributed by atoms with van der Waals surface area (Å²) in [5.41, 5.74) is 17.5. The van der Waals surface area contributed by atoms with Crippen LogP contribution in [-0.4, -0.2) is 41.5 Å². The van der Waals surface area contributed by atoms with E-state index in [0.717, 1.165) is 5.56 Å². The number of carbonyl (C=O) groups excluding carboxylic acids is 5.